The number of halogens is 3. The van der Waals surface area contributed by atoms with E-state index in [-0.39, 0.29) is 5.69 Å². The number of fused-ring (bicyclic) bond motifs is 1. The summed E-state index contributed by atoms with van der Waals surface area (Å²) in [7, 11) is 0. The van der Waals surface area contributed by atoms with Gasteiger partial charge in [-0.25, -0.2) is 4.98 Å². The Morgan fingerprint density at radius 2 is 1.94 bits per heavy atom. The van der Waals surface area contributed by atoms with Gasteiger partial charge in [-0.3, -0.25) is 9.48 Å². The number of nitrogens with zero attached hydrogens (tertiary/aromatic N) is 3. The Balaban J connectivity index is 1.60. The molecule has 1 saturated carbocycles. The van der Waals surface area contributed by atoms with Crippen molar-refractivity contribution < 1.29 is 18.0 Å². The van der Waals surface area contributed by atoms with Gasteiger partial charge in [0, 0.05) is 16.5 Å². The van der Waals surface area contributed by atoms with Crippen LogP contribution in [0.3, 0.4) is 0 Å². The Hall–Kier alpha value is -2.55. The summed E-state index contributed by atoms with van der Waals surface area (Å²) in [6, 6.07) is 7.38. The van der Waals surface area contributed by atoms with Crippen molar-refractivity contribution in [3.63, 3.8) is 0 Å². The highest BCUT2D eigenvalue weighted by Crippen LogP contribution is 2.35. The SMILES string of the molecule is CSc1cc2nn(C3CCC(C)CC3)cc2cc1NC(=O)c1cccc(C(F)(F)F)n1. The lowest BCUT2D eigenvalue weighted by Gasteiger charge is -2.26. The average molecular weight is 449 g/mol. The molecule has 1 N–H and O–H groups in total. The van der Waals surface area contributed by atoms with Crippen molar-refractivity contribution in [3.8, 4) is 0 Å². The van der Waals surface area contributed by atoms with Crippen LogP contribution in [0.15, 0.2) is 41.4 Å². The van der Waals surface area contributed by atoms with Crippen LogP contribution < -0.4 is 5.32 Å². The number of anilines is 1. The van der Waals surface area contributed by atoms with E-state index in [0.717, 1.165) is 40.6 Å². The predicted octanol–water partition coefficient (Wildman–Crippen LogP) is 6.18. The first-order valence-electron chi connectivity index (χ1n) is 10.2. The van der Waals surface area contributed by atoms with Crippen LogP contribution in [0.25, 0.3) is 10.9 Å². The Kier molecular flexibility index (Phi) is 5.96. The second-order valence-electron chi connectivity index (χ2n) is 7.99. The van der Waals surface area contributed by atoms with E-state index in [1.165, 1.54) is 36.7 Å². The molecule has 0 radical (unpaired) electrons. The lowest BCUT2D eigenvalue weighted by molar-refractivity contribution is -0.141. The maximum Gasteiger partial charge on any atom is 0.433 e. The third-order valence-corrected chi connectivity index (χ3v) is 6.50. The van der Waals surface area contributed by atoms with Crippen molar-refractivity contribution in [1.82, 2.24) is 14.8 Å². The van der Waals surface area contributed by atoms with Crippen molar-refractivity contribution in [2.75, 3.05) is 11.6 Å². The molecule has 2 aromatic heterocycles. The van der Waals surface area contributed by atoms with Gasteiger partial charge in [-0.2, -0.15) is 18.3 Å². The minimum atomic E-state index is -4.61. The molecule has 5 nitrogen and oxygen atoms in total. The van der Waals surface area contributed by atoms with Gasteiger partial charge >= 0.3 is 6.18 Å². The van der Waals surface area contributed by atoms with Crippen LogP contribution in [0.5, 0.6) is 0 Å². The van der Waals surface area contributed by atoms with E-state index in [4.69, 9.17) is 5.10 Å². The summed E-state index contributed by atoms with van der Waals surface area (Å²) in [6.45, 7) is 2.27. The zero-order valence-electron chi connectivity index (χ0n) is 17.2. The highest BCUT2D eigenvalue weighted by molar-refractivity contribution is 7.98. The summed E-state index contributed by atoms with van der Waals surface area (Å²) in [5.41, 5.74) is -0.0167. The summed E-state index contributed by atoms with van der Waals surface area (Å²) in [5, 5.41) is 8.34. The number of aromatic nitrogens is 3. The first-order valence-corrected chi connectivity index (χ1v) is 11.4. The van der Waals surface area contributed by atoms with Gasteiger partial charge in [0.2, 0.25) is 0 Å². The summed E-state index contributed by atoms with van der Waals surface area (Å²) < 4.78 is 40.8. The fraction of sp³-hybridized carbons (Fsp3) is 0.409. The van der Waals surface area contributed by atoms with E-state index >= 15 is 0 Å². The highest BCUT2D eigenvalue weighted by Gasteiger charge is 2.33. The zero-order chi connectivity index (χ0) is 22.2. The van der Waals surface area contributed by atoms with Crippen LogP contribution >= 0.6 is 11.8 Å². The third kappa shape index (κ3) is 4.71. The number of carbonyl (C=O) groups is 1. The largest absolute Gasteiger partial charge is 0.433 e. The van der Waals surface area contributed by atoms with E-state index in [0.29, 0.717) is 11.7 Å². The zero-order valence-corrected chi connectivity index (χ0v) is 18.1. The Bertz CT molecular complexity index is 1100. The molecule has 164 valence electrons. The molecule has 0 bridgehead atoms. The Labute approximate surface area is 182 Å². The van der Waals surface area contributed by atoms with Crippen molar-refractivity contribution in [2.45, 2.75) is 49.7 Å². The van der Waals surface area contributed by atoms with Crippen LogP contribution in [0.1, 0.15) is 54.8 Å². The standard InChI is InChI=1S/C22H23F3N4OS/c1-13-6-8-15(9-7-13)29-12-14-10-18(19(31-2)11-17(14)28-29)27-21(30)16-4-3-5-20(26-16)22(23,24)25/h3-5,10-13,15H,6-9H2,1-2H3,(H,27,30). The van der Waals surface area contributed by atoms with Crippen molar-refractivity contribution in [3.05, 3.63) is 47.9 Å². The molecular formula is C22H23F3N4OS. The lowest BCUT2D eigenvalue weighted by atomic mass is 9.87. The van der Waals surface area contributed by atoms with E-state index in [9.17, 15) is 18.0 Å². The van der Waals surface area contributed by atoms with Gasteiger partial charge < -0.3 is 5.32 Å². The molecule has 31 heavy (non-hydrogen) atoms. The first-order chi connectivity index (χ1) is 14.7. The second kappa shape index (κ2) is 8.53. The second-order valence-corrected chi connectivity index (χ2v) is 8.84. The molecule has 9 heteroatoms. The minimum Gasteiger partial charge on any atom is -0.320 e. The molecule has 0 unspecified atom stereocenters. The van der Waals surface area contributed by atoms with E-state index in [1.54, 1.807) is 0 Å². The molecule has 3 aromatic rings. The molecule has 1 aliphatic rings. The molecule has 0 atom stereocenters. The quantitative estimate of drug-likeness (QED) is 0.485. The van der Waals surface area contributed by atoms with Crippen LogP contribution in [-0.2, 0) is 6.18 Å². The summed E-state index contributed by atoms with van der Waals surface area (Å²) in [6.07, 6.45) is 3.80. The number of carbonyl (C=O) groups excluding carboxylic acids is 1. The normalized spacial score (nSPS) is 19.5. The number of hydrogen-bond donors (Lipinski definition) is 1. The first kappa shape index (κ1) is 21.7. The molecule has 4 rings (SSSR count). The molecule has 1 amide bonds. The number of alkyl halides is 3. The summed E-state index contributed by atoms with van der Waals surface area (Å²) >= 11 is 1.44. The smallest absolute Gasteiger partial charge is 0.320 e. The molecule has 1 fully saturated rings. The van der Waals surface area contributed by atoms with Gasteiger partial charge in [0.15, 0.2) is 0 Å². The number of hydrogen-bond acceptors (Lipinski definition) is 4. The van der Waals surface area contributed by atoms with Crippen LogP contribution in [0, 0.1) is 5.92 Å². The topological polar surface area (TPSA) is 59.8 Å². The van der Waals surface area contributed by atoms with Gasteiger partial charge in [-0.15, -0.1) is 11.8 Å². The van der Waals surface area contributed by atoms with Gasteiger partial charge in [0.1, 0.15) is 11.4 Å². The average Bonchev–Trinajstić information content (AvgIpc) is 3.16. The van der Waals surface area contributed by atoms with Crippen LogP contribution in [0.4, 0.5) is 18.9 Å². The molecule has 0 saturated heterocycles. The minimum absolute atomic E-state index is 0.283. The van der Waals surface area contributed by atoms with Gasteiger partial charge in [0.25, 0.3) is 5.91 Å². The van der Waals surface area contributed by atoms with Crippen molar-refractivity contribution in [2.24, 2.45) is 5.92 Å². The lowest BCUT2D eigenvalue weighted by Crippen LogP contribution is -2.17. The summed E-state index contributed by atoms with van der Waals surface area (Å²) in [5.74, 6) is 0.0602. The fourth-order valence-corrected chi connectivity index (χ4v) is 4.50. The highest BCUT2D eigenvalue weighted by atomic mass is 32.2. The monoisotopic (exact) mass is 448 g/mol. The molecule has 2 heterocycles. The van der Waals surface area contributed by atoms with E-state index in [1.807, 2.05) is 29.3 Å². The van der Waals surface area contributed by atoms with Crippen molar-refractivity contribution in [1.29, 1.82) is 0 Å². The fourth-order valence-electron chi connectivity index (χ4n) is 3.94. The number of benzene rings is 1. The van der Waals surface area contributed by atoms with Crippen molar-refractivity contribution >= 4 is 34.3 Å². The number of nitrogens with one attached hydrogen (secondary N) is 1. The Morgan fingerprint density at radius 1 is 1.19 bits per heavy atom. The van der Waals surface area contributed by atoms with E-state index < -0.39 is 17.8 Å². The summed E-state index contributed by atoms with van der Waals surface area (Å²) in [4.78, 5) is 16.9. The number of thioether (sulfide) groups is 1. The maximum atomic E-state index is 12.9. The predicted molar refractivity (Wildman–Crippen MR) is 115 cm³/mol. The molecule has 1 aromatic carbocycles. The van der Waals surface area contributed by atoms with Gasteiger partial charge in [0.05, 0.1) is 17.2 Å². The van der Waals surface area contributed by atoms with Gasteiger partial charge in [-0.05, 0) is 62.1 Å². The molecule has 0 aliphatic heterocycles. The van der Waals surface area contributed by atoms with Crippen LogP contribution in [0.2, 0.25) is 0 Å². The molecular weight excluding hydrogens is 425 g/mol. The number of rotatable bonds is 4. The molecule has 1 aliphatic carbocycles. The Morgan fingerprint density at radius 3 is 2.61 bits per heavy atom. The molecule has 0 spiro atoms. The number of amides is 1. The third-order valence-electron chi connectivity index (χ3n) is 5.72. The van der Waals surface area contributed by atoms with Gasteiger partial charge in [-0.1, -0.05) is 13.0 Å². The van der Waals surface area contributed by atoms with E-state index in [2.05, 4.69) is 17.2 Å². The number of pyridine rings is 1. The maximum absolute atomic E-state index is 12.9. The van der Waals surface area contributed by atoms with Crippen LogP contribution in [-0.4, -0.2) is 26.9 Å².